The number of phenolic OH excluding ortho intramolecular Hbond substituents is 2. The minimum absolute atomic E-state index is 0.0831. The molecule has 312 valence electrons. The van der Waals surface area contributed by atoms with Gasteiger partial charge < -0.3 is 52.8 Å². The molecule has 0 aromatic heterocycles. The average molecular weight is 800 g/mol. The highest BCUT2D eigenvalue weighted by atomic mass is 16.6. The van der Waals surface area contributed by atoms with Crippen LogP contribution in [-0.2, 0) is 14.2 Å². The fourth-order valence-corrected chi connectivity index (χ4v) is 7.71. The molecule has 2 aliphatic heterocycles. The van der Waals surface area contributed by atoms with Gasteiger partial charge in [0.05, 0.1) is 74.1 Å². The Kier molecular flexibility index (Phi) is 15.4. The number of hydrogen-bond donors (Lipinski definition) is 2. The lowest BCUT2D eigenvalue weighted by Gasteiger charge is -2.28. The molecule has 12 heteroatoms. The van der Waals surface area contributed by atoms with E-state index >= 15 is 0 Å². The first-order valence-electron chi connectivity index (χ1n) is 19.6. The Bertz CT molecular complexity index is 2050. The van der Waals surface area contributed by atoms with Crippen molar-refractivity contribution in [1.82, 2.24) is 0 Å². The summed E-state index contributed by atoms with van der Waals surface area (Å²) in [4.78, 5) is 0. The first-order chi connectivity index (χ1) is 28.0. The van der Waals surface area contributed by atoms with Crippen LogP contribution in [0.25, 0.3) is 0 Å². The summed E-state index contributed by atoms with van der Waals surface area (Å²) in [6.07, 6.45) is 0. The summed E-state index contributed by atoms with van der Waals surface area (Å²) in [5, 5.41) is 30.4. The summed E-state index contributed by atoms with van der Waals surface area (Å²) in [5.74, 6) is 2.53. The number of ether oxygens (including phenoxy) is 9. The maximum absolute atomic E-state index is 11.5. The quantitative estimate of drug-likeness (QED) is 0.191. The van der Waals surface area contributed by atoms with Crippen LogP contribution in [0.2, 0.25) is 0 Å². The topological polar surface area (TPSA) is 147 Å². The summed E-state index contributed by atoms with van der Waals surface area (Å²) in [6, 6.07) is 17.1. The SMILES string of the molecule is CC#N.COc1cc(O)c2cc1[C@H](C)c1cc3c(OC)cc1OCCOCCOCCOCCOc1cc(OC)c(cc1[C@H]3C)[C@H](C)c1cc(c(OC)cc1O)[C@@H]2C. The molecule has 0 spiro atoms. The fourth-order valence-electron chi connectivity index (χ4n) is 7.71. The summed E-state index contributed by atoms with van der Waals surface area (Å²) in [6.45, 7) is 12.8. The lowest BCUT2D eigenvalue weighted by Crippen LogP contribution is -2.16. The standard InChI is InChI=1S/C44H54O11.C2H3N/c1-25-30-18-32(40(48-6)22-38(30)46)27(3)36-20-34-28(4)35-19-33(26(2)29-17-31(25)39(47-5)21-37(29)45)41(49-7)23-43(35)54-15-13-52-11-9-51-10-12-53-14-16-55-44(36)24-42(34)50-8;1-2-3/h17-28,45-46H,9-16H2,1-8H3;1H3/t25-,26-,27+,28+;/m1./s1. The van der Waals surface area contributed by atoms with Crippen LogP contribution in [0.15, 0.2) is 48.5 Å². The second kappa shape index (κ2) is 20.4. The molecule has 0 unspecified atom stereocenters. The second-order valence-electron chi connectivity index (χ2n) is 14.2. The van der Waals surface area contributed by atoms with Crippen LogP contribution < -0.4 is 28.4 Å². The van der Waals surface area contributed by atoms with Gasteiger partial charge in [0.1, 0.15) is 59.2 Å². The van der Waals surface area contributed by atoms with Gasteiger partial charge in [0.2, 0.25) is 0 Å². The second-order valence-corrected chi connectivity index (χ2v) is 14.2. The highest BCUT2D eigenvalue weighted by molar-refractivity contribution is 5.62. The van der Waals surface area contributed by atoms with Gasteiger partial charge in [-0.2, -0.15) is 5.26 Å². The molecule has 0 radical (unpaired) electrons. The number of nitrogens with zero attached hydrogens (tertiary/aromatic N) is 1. The number of phenols is 2. The van der Waals surface area contributed by atoms with Gasteiger partial charge in [-0.1, -0.05) is 27.7 Å². The van der Waals surface area contributed by atoms with Crippen LogP contribution in [0, 0.1) is 11.3 Å². The maximum Gasteiger partial charge on any atom is 0.126 e. The van der Waals surface area contributed by atoms with E-state index in [-0.39, 0.29) is 35.2 Å². The Labute approximate surface area is 342 Å². The monoisotopic (exact) mass is 799 g/mol. The van der Waals surface area contributed by atoms with Gasteiger partial charge >= 0.3 is 0 Å². The maximum atomic E-state index is 11.5. The molecule has 0 saturated heterocycles. The smallest absolute Gasteiger partial charge is 0.126 e. The molecule has 0 fully saturated rings. The van der Waals surface area contributed by atoms with E-state index in [9.17, 15) is 10.2 Å². The van der Waals surface area contributed by atoms with Gasteiger partial charge in [-0.05, 0) is 24.3 Å². The molecule has 58 heavy (non-hydrogen) atoms. The predicted octanol–water partition coefficient (Wildman–Crippen LogP) is 8.40. The van der Waals surface area contributed by atoms with Crippen molar-refractivity contribution in [3.63, 3.8) is 0 Å². The summed E-state index contributed by atoms with van der Waals surface area (Å²) in [7, 11) is 6.47. The van der Waals surface area contributed by atoms with E-state index in [0.717, 1.165) is 33.4 Å². The summed E-state index contributed by atoms with van der Waals surface area (Å²) >= 11 is 0. The highest BCUT2D eigenvalue weighted by Gasteiger charge is 2.30. The number of methoxy groups -OCH3 is 4. The van der Waals surface area contributed by atoms with Crippen LogP contribution in [0.4, 0.5) is 0 Å². The first kappa shape index (κ1) is 43.8. The minimum Gasteiger partial charge on any atom is -0.508 e. The van der Waals surface area contributed by atoms with E-state index in [1.807, 2.05) is 38.1 Å². The zero-order valence-electron chi connectivity index (χ0n) is 35.1. The van der Waals surface area contributed by atoms with Crippen molar-refractivity contribution < 1.29 is 52.8 Å². The van der Waals surface area contributed by atoms with Crippen molar-refractivity contribution in [2.75, 3.05) is 81.3 Å². The Morgan fingerprint density at radius 1 is 0.448 bits per heavy atom. The van der Waals surface area contributed by atoms with Crippen molar-refractivity contribution >= 4 is 0 Å². The fraction of sp³-hybridized carbons (Fsp3) is 0.457. The van der Waals surface area contributed by atoms with E-state index in [1.54, 1.807) is 46.6 Å². The number of fused-ring (bicyclic) bond motifs is 18. The largest absolute Gasteiger partial charge is 0.508 e. The van der Waals surface area contributed by atoms with E-state index in [0.29, 0.717) is 98.5 Å². The number of benzene rings is 4. The molecule has 1 aliphatic carbocycles. The van der Waals surface area contributed by atoms with Crippen molar-refractivity contribution in [3.8, 4) is 52.1 Å². The number of hydrogen-bond acceptors (Lipinski definition) is 12. The lowest BCUT2D eigenvalue weighted by molar-refractivity contribution is 0.00486. The van der Waals surface area contributed by atoms with Crippen LogP contribution in [0.1, 0.15) is 103 Å². The van der Waals surface area contributed by atoms with E-state index < -0.39 is 0 Å². The van der Waals surface area contributed by atoms with Crippen molar-refractivity contribution in [1.29, 1.82) is 5.26 Å². The van der Waals surface area contributed by atoms with Gasteiger partial charge in [0.25, 0.3) is 0 Å². The van der Waals surface area contributed by atoms with Gasteiger partial charge in [-0.3, -0.25) is 0 Å². The van der Waals surface area contributed by atoms with Crippen molar-refractivity contribution in [2.45, 2.75) is 58.3 Å². The molecule has 2 N–H and O–H groups in total. The Balaban J connectivity index is 0.00000207. The Hall–Kier alpha value is -5.35. The molecule has 4 aromatic carbocycles. The Morgan fingerprint density at radius 3 is 1.02 bits per heavy atom. The van der Waals surface area contributed by atoms with Gasteiger partial charge in [0, 0.05) is 99.4 Å². The van der Waals surface area contributed by atoms with Gasteiger partial charge in [-0.15, -0.1) is 0 Å². The first-order valence-corrected chi connectivity index (χ1v) is 19.6. The molecule has 4 atom stereocenters. The molecule has 3 aliphatic rings. The third-order valence-electron chi connectivity index (χ3n) is 10.9. The van der Waals surface area contributed by atoms with E-state index in [4.69, 9.17) is 47.9 Å². The number of rotatable bonds is 4. The molecular formula is C46H57NO11. The van der Waals surface area contributed by atoms with Crippen LogP contribution in [0.5, 0.6) is 46.0 Å². The third-order valence-corrected chi connectivity index (χ3v) is 10.9. The molecule has 0 amide bonds. The number of aromatic hydroxyl groups is 2. The van der Waals surface area contributed by atoms with Crippen LogP contribution in [-0.4, -0.2) is 91.5 Å². The van der Waals surface area contributed by atoms with E-state index in [1.165, 1.54) is 6.92 Å². The normalized spacial score (nSPS) is 19.8. The third kappa shape index (κ3) is 9.50. The summed E-state index contributed by atoms with van der Waals surface area (Å²) < 4.78 is 54.2. The molecular weight excluding hydrogens is 743 g/mol. The number of nitriles is 1. The predicted molar refractivity (Wildman–Crippen MR) is 220 cm³/mol. The minimum atomic E-state index is -0.350. The Morgan fingerprint density at radius 2 is 0.707 bits per heavy atom. The lowest BCUT2D eigenvalue weighted by atomic mass is 9.80. The highest BCUT2D eigenvalue weighted by Crippen LogP contribution is 2.50. The van der Waals surface area contributed by atoms with Crippen molar-refractivity contribution in [3.05, 3.63) is 93.0 Å². The zero-order chi connectivity index (χ0) is 41.9. The molecule has 9 bridgehead atoms. The molecule has 4 aromatic rings. The van der Waals surface area contributed by atoms with Gasteiger partial charge in [-0.25, -0.2) is 0 Å². The van der Waals surface area contributed by atoms with E-state index in [2.05, 4.69) is 26.0 Å². The molecule has 2 heterocycles. The summed E-state index contributed by atoms with van der Waals surface area (Å²) in [5.41, 5.74) is 6.58. The van der Waals surface area contributed by atoms with Gasteiger partial charge in [0.15, 0.2) is 0 Å². The molecule has 12 nitrogen and oxygen atoms in total. The molecule has 7 rings (SSSR count). The van der Waals surface area contributed by atoms with Crippen molar-refractivity contribution in [2.24, 2.45) is 0 Å². The molecule has 0 saturated carbocycles. The average Bonchev–Trinajstić information content (AvgIpc) is 3.23. The zero-order valence-corrected chi connectivity index (χ0v) is 35.1. The van der Waals surface area contributed by atoms with Crippen LogP contribution in [0.3, 0.4) is 0 Å². The van der Waals surface area contributed by atoms with Crippen LogP contribution >= 0.6 is 0 Å².